The van der Waals surface area contributed by atoms with Crippen LogP contribution >= 0.6 is 0 Å². The van der Waals surface area contributed by atoms with Crippen LogP contribution < -0.4 is 11.5 Å². The lowest BCUT2D eigenvalue weighted by Gasteiger charge is -2.03. The van der Waals surface area contributed by atoms with Gasteiger partial charge in [-0.05, 0) is 6.92 Å². The first-order chi connectivity index (χ1) is 6.99. The average molecular weight is 209 g/mol. The normalized spacial score (nSPS) is 9.67. The van der Waals surface area contributed by atoms with E-state index in [-0.39, 0.29) is 24.3 Å². The molecule has 4 N–H and O–H groups in total. The minimum absolute atomic E-state index is 0.0103. The molecule has 0 saturated carbocycles. The first kappa shape index (κ1) is 10.9. The van der Waals surface area contributed by atoms with E-state index in [2.05, 4.69) is 21.5 Å². The van der Waals surface area contributed by atoms with E-state index in [0.717, 1.165) is 0 Å². The van der Waals surface area contributed by atoms with E-state index in [1.54, 1.807) is 6.92 Å². The first-order valence-electron chi connectivity index (χ1n) is 4.07. The van der Waals surface area contributed by atoms with Gasteiger partial charge in [-0.15, -0.1) is 0 Å². The Morgan fingerprint density at radius 2 is 1.87 bits per heavy atom. The number of nitrogen functional groups attached to an aromatic ring is 2. The van der Waals surface area contributed by atoms with Crippen molar-refractivity contribution in [2.75, 3.05) is 11.5 Å². The molecule has 1 rings (SSSR count). The molecule has 0 aliphatic carbocycles. The third kappa shape index (κ3) is 3.22. The van der Waals surface area contributed by atoms with Gasteiger partial charge in [0.2, 0.25) is 11.9 Å². The number of hydrogen-bond acceptors (Lipinski definition) is 7. The smallest absolute Gasteiger partial charge is 0.333 e. The van der Waals surface area contributed by atoms with Crippen molar-refractivity contribution in [1.29, 1.82) is 0 Å². The van der Waals surface area contributed by atoms with Gasteiger partial charge in [0.25, 0.3) is 0 Å². The van der Waals surface area contributed by atoms with Crippen molar-refractivity contribution >= 4 is 17.9 Å². The van der Waals surface area contributed by atoms with Gasteiger partial charge in [0.05, 0.1) is 0 Å². The third-order valence-electron chi connectivity index (χ3n) is 1.40. The van der Waals surface area contributed by atoms with Crippen LogP contribution in [0.5, 0.6) is 0 Å². The van der Waals surface area contributed by atoms with E-state index in [1.165, 1.54) is 0 Å². The Kier molecular flexibility index (Phi) is 3.17. The van der Waals surface area contributed by atoms with Gasteiger partial charge in [0.1, 0.15) is 0 Å². The molecule has 0 amide bonds. The topological polar surface area (TPSA) is 117 Å². The van der Waals surface area contributed by atoms with Crippen LogP contribution in [0.4, 0.5) is 11.9 Å². The lowest BCUT2D eigenvalue weighted by atomic mass is 10.4. The summed E-state index contributed by atoms with van der Waals surface area (Å²) >= 11 is 0. The second kappa shape index (κ2) is 4.36. The molecule has 0 aliphatic rings. The van der Waals surface area contributed by atoms with Gasteiger partial charge < -0.3 is 16.2 Å². The van der Waals surface area contributed by atoms with E-state index < -0.39 is 5.97 Å². The fourth-order valence-electron chi connectivity index (χ4n) is 0.775. The Bertz CT molecular complexity index is 384. The van der Waals surface area contributed by atoms with Crippen molar-refractivity contribution < 1.29 is 9.53 Å². The highest BCUT2D eigenvalue weighted by atomic mass is 16.5. The summed E-state index contributed by atoms with van der Waals surface area (Å²) in [5.41, 5.74) is 10.9. The third-order valence-corrected chi connectivity index (χ3v) is 1.40. The molecular weight excluding hydrogens is 198 g/mol. The van der Waals surface area contributed by atoms with Crippen molar-refractivity contribution in [3.05, 3.63) is 18.0 Å². The maximum Gasteiger partial charge on any atom is 0.333 e. The van der Waals surface area contributed by atoms with Gasteiger partial charge >= 0.3 is 5.97 Å². The second-order valence-electron chi connectivity index (χ2n) is 2.82. The molecule has 7 heteroatoms. The molecule has 0 aliphatic heterocycles. The highest BCUT2D eigenvalue weighted by Gasteiger charge is 2.06. The predicted molar refractivity (Wildman–Crippen MR) is 53.3 cm³/mol. The summed E-state index contributed by atoms with van der Waals surface area (Å²) in [6.07, 6.45) is 0. The summed E-state index contributed by atoms with van der Waals surface area (Å²) in [7, 11) is 0. The maximum absolute atomic E-state index is 11.0. The van der Waals surface area contributed by atoms with E-state index in [0.29, 0.717) is 5.57 Å². The Labute approximate surface area is 86.2 Å². The molecule has 0 atom stereocenters. The summed E-state index contributed by atoms with van der Waals surface area (Å²) in [5.74, 6) is -0.338. The van der Waals surface area contributed by atoms with Crippen LogP contribution in [0.1, 0.15) is 12.7 Å². The van der Waals surface area contributed by atoms with E-state index >= 15 is 0 Å². The van der Waals surface area contributed by atoms with Gasteiger partial charge in [-0.2, -0.15) is 15.0 Å². The number of rotatable bonds is 3. The summed E-state index contributed by atoms with van der Waals surface area (Å²) in [6, 6.07) is 0. The van der Waals surface area contributed by atoms with Crippen molar-refractivity contribution in [2.45, 2.75) is 13.5 Å². The lowest BCUT2D eigenvalue weighted by molar-refractivity contribution is -0.140. The number of hydrogen-bond donors (Lipinski definition) is 2. The fourth-order valence-corrected chi connectivity index (χ4v) is 0.775. The number of carbonyl (C=O) groups is 1. The maximum atomic E-state index is 11.0. The molecule has 0 unspecified atom stereocenters. The number of esters is 1. The summed E-state index contributed by atoms with van der Waals surface area (Å²) in [6.45, 7) is 4.86. The monoisotopic (exact) mass is 209 g/mol. The van der Waals surface area contributed by atoms with Gasteiger partial charge in [-0.1, -0.05) is 6.58 Å². The predicted octanol–water partition coefficient (Wildman–Crippen LogP) is -0.345. The van der Waals surface area contributed by atoms with E-state index in [1.807, 2.05) is 0 Å². The molecule has 15 heavy (non-hydrogen) atoms. The van der Waals surface area contributed by atoms with Crippen molar-refractivity contribution in [1.82, 2.24) is 15.0 Å². The molecule has 7 nitrogen and oxygen atoms in total. The van der Waals surface area contributed by atoms with E-state index in [4.69, 9.17) is 16.2 Å². The number of nitrogens with two attached hydrogens (primary N) is 2. The summed E-state index contributed by atoms with van der Waals surface area (Å²) in [5, 5.41) is 0. The molecule has 80 valence electrons. The quantitative estimate of drug-likeness (QED) is 0.516. The Morgan fingerprint density at radius 3 is 2.33 bits per heavy atom. The number of anilines is 2. The van der Waals surface area contributed by atoms with Crippen LogP contribution in [0.15, 0.2) is 12.2 Å². The zero-order chi connectivity index (χ0) is 11.4. The summed E-state index contributed by atoms with van der Waals surface area (Å²) < 4.78 is 4.80. The molecule has 1 aromatic heterocycles. The minimum Gasteiger partial charge on any atom is -0.454 e. The molecule has 0 fully saturated rings. The van der Waals surface area contributed by atoms with Crippen LogP contribution in [0.3, 0.4) is 0 Å². The fraction of sp³-hybridized carbons (Fsp3) is 0.250. The summed E-state index contributed by atoms with van der Waals surface area (Å²) in [4.78, 5) is 22.1. The van der Waals surface area contributed by atoms with E-state index in [9.17, 15) is 4.79 Å². The number of ether oxygens (including phenoxy) is 1. The standard InChI is InChI=1S/C8H11N5O2/c1-4(2)6(14)15-3-5-11-7(9)13-8(10)12-5/h1,3H2,2H3,(H4,9,10,11,12,13). The molecule has 0 radical (unpaired) electrons. The van der Waals surface area contributed by atoms with Crippen LogP contribution in [0.25, 0.3) is 0 Å². The highest BCUT2D eigenvalue weighted by Crippen LogP contribution is 2.02. The minimum atomic E-state index is -0.521. The van der Waals surface area contributed by atoms with Crippen LogP contribution in [-0.2, 0) is 16.1 Å². The molecule has 1 heterocycles. The molecular formula is C8H11N5O2. The zero-order valence-electron chi connectivity index (χ0n) is 8.23. The number of carbonyl (C=O) groups excluding carboxylic acids is 1. The average Bonchev–Trinajstić information content (AvgIpc) is 2.12. The van der Waals surface area contributed by atoms with Gasteiger partial charge in [0.15, 0.2) is 12.4 Å². The van der Waals surface area contributed by atoms with Crippen molar-refractivity contribution in [3.63, 3.8) is 0 Å². The second-order valence-corrected chi connectivity index (χ2v) is 2.82. The Balaban J connectivity index is 2.65. The molecule has 0 saturated heterocycles. The highest BCUT2D eigenvalue weighted by molar-refractivity contribution is 5.86. The SMILES string of the molecule is C=C(C)C(=O)OCc1nc(N)nc(N)n1. The van der Waals surface area contributed by atoms with Crippen molar-refractivity contribution in [2.24, 2.45) is 0 Å². The van der Waals surface area contributed by atoms with Gasteiger partial charge in [-0.3, -0.25) is 0 Å². The van der Waals surface area contributed by atoms with Gasteiger partial charge in [-0.25, -0.2) is 4.79 Å². The largest absolute Gasteiger partial charge is 0.454 e. The zero-order valence-corrected chi connectivity index (χ0v) is 8.23. The lowest BCUT2D eigenvalue weighted by Crippen LogP contribution is -2.11. The van der Waals surface area contributed by atoms with Gasteiger partial charge in [0, 0.05) is 5.57 Å². The van der Waals surface area contributed by atoms with Crippen LogP contribution in [0.2, 0.25) is 0 Å². The first-order valence-corrected chi connectivity index (χ1v) is 4.07. The van der Waals surface area contributed by atoms with Crippen LogP contribution in [-0.4, -0.2) is 20.9 Å². The number of nitrogens with zero attached hydrogens (tertiary/aromatic N) is 3. The van der Waals surface area contributed by atoms with Crippen LogP contribution in [0, 0.1) is 0 Å². The molecule has 0 spiro atoms. The Morgan fingerprint density at radius 1 is 1.33 bits per heavy atom. The molecule has 0 bridgehead atoms. The van der Waals surface area contributed by atoms with Crippen molar-refractivity contribution in [3.8, 4) is 0 Å². The molecule has 1 aromatic rings. The Hall–Kier alpha value is -2.18. The molecule has 0 aromatic carbocycles. The number of aromatic nitrogens is 3.